The molecule has 0 aromatic heterocycles. The van der Waals surface area contributed by atoms with Crippen molar-refractivity contribution >= 4 is 11.9 Å². The molecule has 0 aliphatic rings. The summed E-state index contributed by atoms with van der Waals surface area (Å²) in [5, 5.41) is 8.42. The van der Waals surface area contributed by atoms with Gasteiger partial charge in [0.15, 0.2) is 0 Å². The smallest absolute Gasteiger partial charge is 0.337 e. The van der Waals surface area contributed by atoms with Crippen LogP contribution in [-0.2, 0) is 19.1 Å². The Morgan fingerprint density at radius 3 is 2.29 bits per heavy atom. The van der Waals surface area contributed by atoms with Crippen molar-refractivity contribution in [3.05, 3.63) is 11.3 Å². The van der Waals surface area contributed by atoms with Crippen LogP contribution in [0.5, 0.6) is 0 Å². The van der Waals surface area contributed by atoms with Crippen LogP contribution in [0.1, 0.15) is 20.3 Å². The zero-order valence-corrected chi connectivity index (χ0v) is 8.49. The summed E-state index contributed by atoms with van der Waals surface area (Å²) in [6.45, 7) is 2.50. The Kier molecular flexibility index (Phi) is 5.55. The van der Waals surface area contributed by atoms with Crippen LogP contribution in [0.15, 0.2) is 11.3 Å². The molecule has 0 spiro atoms. The molecule has 0 aliphatic carbocycles. The van der Waals surface area contributed by atoms with Crippen molar-refractivity contribution in [3.8, 4) is 0 Å². The minimum Gasteiger partial charge on any atom is -0.466 e. The molecule has 0 unspecified atom stereocenters. The summed E-state index contributed by atoms with van der Waals surface area (Å²) in [6, 6.07) is 0. The highest BCUT2D eigenvalue weighted by molar-refractivity contribution is 5.89. The van der Waals surface area contributed by atoms with Gasteiger partial charge in [-0.1, -0.05) is 6.92 Å². The number of esters is 2. The highest BCUT2D eigenvalue weighted by Crippen LogP contribution is 2.11. The molecule has 1 N–H and O–H groups in total. The molecule has 14 heavy (non-hydrogen) atoms. The Morgan fingerprint density at radius 2 is 1.93 bits per heavy atom. The third kappa shape index (κ3) is 3.57. The second-order valence-corrected chi connectivity index (χ2v) is 2.51. The van der Waals surface area contributed by atoms with E-state index >= 15 is 0 Å². The van der Waals surface area contributed by atoms with E-state index in [1.807, 2.05) is 0 Å². The van der Waals surface area contributed by atoms with Crippen LogP contribution in [0.2, 0.25) is 0 Å². The largest absolute Gasteiger partial charge is 0.466 e. The second kappa shape index (κ2) is 6.15. The minimum atomic E-state index is -0.794. The molecule has 80 valence electrons. The molecule has 0 saturated heterocycles. The van der Waals surface area contributed by atoms with Gasteiger partial charge in [0, 0.05) is 0 Å². The second-order valence-electron chi connectivity index (χ2n) is 2.51. The highest BCUT2D eigenvalue weighted by Gasteiger charge is 2.14. The topological polar surface area (TPSA) is 72.8 Å². The summed E-state index contributed by atoms with van der Waals surface area (Å²) in [6.07, 6.45) is 0.400. The van der Waals surface area contributed by atoms with E-state index in [0.29, 0.717) is 6.42 Å². The fourth-order valence-corrected chi connectivity index (χ4v) is 0.925. The number of aliphatic hydroxyl groups excluding tert-OH is 1. The number of hydrogen-bond donors (Lipinski definition) is 1. The van der Waals surface area contributed by atoms with Crippen molar-refractivity contribution in [3.63, 3.8) is 0 Å². The average molecular weight is 202 g/mol. The Morgan fingerprint density at radius 1 is 1.36 bits per heavy atom. The molecule has 0 atom stereocenters. The Labute approximate surface area is 82.3 Å². The predicted molar refractivity (Wildman–Crippen MR) is 48.2 cm³/mol. The quantitative estimate of drug-likeness (QED) is 0.405. The maximum Gasteiger partial charge on any atom is 0.337 e. The van der Waals surface area contributed by atoms with Gasteiger partial charge >= 0.3 is 11.9 Å². The van der Waals surface area contributed by atoms with Gasteiger partial charge in [0.05, 0.1) is 12.7 Å². The molecule has 0 rings (SSSR count). The SMILES string of the molecule is CC/C(C(=O)OC)=C(/C)OC(=O)CO. The molecule has 0 amide bonds. The first kappa shape index (κ1) is 12.6. The Hall–Kier alpha value is -1.36. The van der Waals surface area contributed by atoms with Gasteiger partial charge in [-0.3, -0.25) is 0 Å². The third-order valence-corrected chi connectivity index (χ3v) is 1.61. The predicted octanol–water partition coefficient (Wildman–Crippen LogP) is 0.379. The zero-order chi connectivity index (χ0) is 11.1. The lowest BCUT2D eigenvalue weighted by atomic mass is 10.2. The van der Waals surface area contributed by atoms with Crippen LogP contribution in [0.3, 0.4) is 0 Å². The number of rotatable bonds is 4. The van der Waals surface area contributed by atoms with E-state index in [0.717, 1.165) is 0 Å². The summed E-state index contributed by atoms with van der Waals surface area (Å²) >= 11 is 0. The molecule has 5 nitrogen and oxygen atoms in total. The molecule has 0 fully saturated rings. The van der Waals surface area contributed by atoms with E-state index in [4.69, 9.17) is 5.11 Å². The number of carbonyl (C=O) groups excluding carboxylic acids is 2. The van der Waals surface area contributed by atoms with Crippen LogP contribution in [0.25, 0.3) is 0 Å². The molecular weight excluding hydrogens is 188 g/mol. The Balaban J connectivity index is 4.66. The number of methoxy groups -OCH3 is 1. The molecule has 0 aliphatic heterocycles. The van der Waals surface area contributed by atoms with Crippen molar-refractivity contribution < 1.29 is 24.2 Å². The fourth-order valence-electron chi connectivity index (χ4n) is 0.925. The lowest BCUT2D eigenvalue weighted by Crippen LogP contribution is -2.13. The summed E-state index contributed by atoms with van der Waals surface area (Å²) in [7, 11) is 1.25. The first-order chi connectivity index (χ1) is 6.56. The standard InChI is InChI=1S/C9H14O5/c1-4-7(9(12)13-3)6(2)14-8(11)5-10/h10H,4-5H2,1-3H3/b7-6+. The molecule has 5 heteroatoms. The monoisotopic (exact) mass is 202 g/mol. The molecule has 0 saturated carbocycles. The van der Waals surface area contributed by atoms with Crippen molar-refractivity contribution in [2.24, 2.45) is 0 Å². The van der Waals surface area contributed by atoms with Gasteiger partial charge in [-0.15, -0.1) is 0 Å². The summed E-state index contributed by atoms with van der Waals surface area (Å²) in [4.78, 5) is 21.8. The van der Waals surface area contributed by atoms with Gasteiger partial charge in [0.1, 0.15) is 12.4 Å². The normalized spacial score (nSPS) is 11.7. The van der Waals surface area contributed by atoms with E-state index in [9.17, 15) is 9.59 Å². The van der Waals surface area contributed by atoms with E-state index in [-0.39, 0.29) is 11.3 Å². The molecule has 0 heterocycles. The average Bonchev–Trinajstić information content (AvgIpc) is 2.18. The van der Waals surface area contributed by atoms with Gasteiger partial charge in [-0.25, -0.2) is 9.59 Å². The lowest BCUT2D eigenvalue weighted by Gasteiger charge is -2.07. The van der Waals surface area contributed by atoms with Crippen LogP contribution >= 0.6 is 0 Å². The maximum absolute atomic E-state index is 11.1. The van der Waals surface area contributed by atoms with Crippen LogP contribution in [0, 0.1) is 0 Å². The van der Waals surface area contributed by atoms with Gasteiger partial charge in [0.25, 0.3) is 0 Å². The zero-order valence-electron chi connectivity index (χ0n) is 8.49. The third-order valence-electron chi connectivity index (χ3n) is 1.61. The Bertz CT molecular complexity index is 254. The first-order valence-electron chi connectivity index (χ1n) is 4.16. The van der Waals surface area contributed by atoms with Crippen molar-refractivity contribution in [2.45, 2.75) is 20.3 Å². The number of ether oxygens (including phenoxy) is 2. The number of hydrogen-bond acceptors (Lipinski definition) is 5. The van der Waals surface area contributed by atoms with Gasteiger partial charge in [0.2, 0.25) is 0 Å². The molecule has 0 radical (unpaired) electrons. The fraction of sp³-hybridized carbons (Fsp3) is 0.556. The molecular formula is C9H14O5. The van der Waals surface area contributed by atoms with E-state index in [1.165, 1.54) is 14.0 Å². The van der Waals surface area contributed by atoms with Crippen LogP contribution in [0.4, 0.5) is 0 Å². The molecule has 0 aromatic rings. The highest BCUT2D eigenvalue weighted by atomic mass is 16.6. The van der Waals surface area contributed by atoms with Crippen molar-refractivity contribution in [1.29, 1.82) is 0 Å². The summed E-state index contributed by atoms with van der Waals surface area (Å²) in [5.41, 5.74) is 0.286. The summed E-state index contributed by atoms with van der Waals surface area (Å²) < 4.78 is 9.15. The van der Waals surface area contributed by atoms with E-state index < -0.39 is 18.5 Å². The van der Waals surface area contributed by atoms with Crippen LogP contribution in [-0.4, -0.2) is 30.8 Å². The minimum absolute atomic E-state index is 0.165. The number of carbonyl (C=O) groups is 2. The first-order valence-corrected chi connectivity index (χ1v) is 4.16. The van der Waals surface area contributed by atoms with Crippen molar-refractivity contribution in [2.75, 3.05) is 13.7 Å². The number of aliphatic hydroxyl groups is 1. The van der Waals surface area contributed by atoms with Gasteiger partial charge in [-0.05, 0) is 13.3 Å². The lowest BCUT2D eigenvalue weighted by molar-refractivity contribution is -0.143. The maximum atomic E-state index is 11.1. The molecule has 0 aromatic carbocycles. The van der Waals surface area contributed by atoms with Crippen LogP contribution < -0.4 is 0 Å². The van der Waals surface area contributed by atoms with Gasteiger partial charge in [-0.2, -0.15) is 0 Å². The van der Waals surface area contributed by atoms with E-state index in [2.05, 4.69) is 9.47 Å². The van der Waals surface area contributed by atoms with Crippen molar-refractivity contribution in [1.82, 2.24) is 0 Å². The van der Waals surface area contributed by atoms with Gasteiger partial charge < -0.3 is 14.6 Å². The molecule has 0 bridgehead atoms. The summed E-state index contributed by atoms with van der Waals surface area (Å²) in [5.74, 6) is -1.16. The van der Waals surface area contributed by atoms with E-state index in [1.54, 1.807) is 6.92 Å². The number of allylic oxidation sites excluding steroid dienone is 1.